The fourth-order valence-corrected chi connectivity index (χ4v) is 3.44. The fraction of sp³-hybridized carbons (Fsp3) is 0.368. The van der Waals surface area contributed by atoms with Gasteiger partial charge in [-0.15, -0.1) is 0 Å². The van der Waals surface area contributed by atoms with E-state index >= 15 is 0 Å². The van der Waals surface area contributed by atoms with Crippen LogP contribution in [0.5, 0.6) is 0 Å². The van der Waals surface area contributed by atoms with Crippen molar-refractivity contribution >= 4 is 11.6 Å². The predicted octanol–water partition coefficient (Wildman–Crippen LogP) is 3.56. The van der Waals surface area contributed by atoms with Crippen LogP contribution in [-0.4, -0.2) is 37.7 Å². The molecule has 3 atom stereocenters. The zero-order chi connectivity index (χ0) is 20.9. The highest BCUT2D eigenvalue weighted by atomic mass is 19.4. The summed E-state index contributed by atoms with van der Waals surface area (Å²) < 4.78 is 55.0. The topological polar surface area (TPSA) is 72.2 Å². The molecule has 0 spiro atoms. The molecule has 152 valence electrons. The third kappa shape index (κ3) is 3.66. The van der Waals surface area contributed by atoms with Crippen LogP contribution in [0.2, 0.25) is 0 Å². The highest BCUT2D eigenvalue weighted by Gasteiger charge is 2.53. The minimum atomic E-state index is -4.55. The second-order valence-electron chi connectivity index (χ2n) is 7.34. The largest absolute Gasteiger partial charge is 0.408 e. The first-order chi connectivity index (χ1) is 13.6. The zero-order valence-electron chi connectivity index (χ0n) is 15.5. The first-order valence-corrected chi connectivity index (χ1v) is 8.99. The maximum atomic E-state index is 13.5. The van der Waals surface area contributed by atoms with Gasteiger partial charge in [0.25, 0.3) is 5.91 Å². The van der Waals surface area contributed by atoms with E-state index in [1.807, 2.05) is 0 Å². The van der Waals surface area contributed by atoms with Gasteiger partial charge in [-0.1, -0.05) is 6.92 Å². The molecule has 0 aliphatic heterocycles. The maximum absolute atomic E-state index is 13.5. The minimum Gasteiger partial charge on any atom is -0.340 e. The molecule has 4 rings (SSSR count). The van der Waals surface area contributed by atoms with E-state index in [0.717, 1.165) is 6.20 Å². The number of carbonyl (C=O) groups excluding carboxylic acids is 1. The summed E-state index contributed by atoms with van der Waals surface area (Å²) in [6, 6.07) is 0.939. The summed E-state index contributed by atoms with van der Waals surface area (Å²) in [4.78, 5) is 20.8. The van der Waals surface area contributed by atoms with E-state index in [1.165, 1.54) is 23.0 Å². The number of hydrogen-bond acceptors (Lipinski definition) is 4. The molecular formula is C19H17F4N5O. The number of rotatable bonds is 4. The predicted molar refractivity (Wildman–Crippen MR) is 95.5 cm³/mol. The third-order valence-corrected chi connectivity index (χ3v) is 5.13. The summed E-state index contributed by atoms with van der Waals surface area (Å²) in [5, 5.41) is 6.16. The van der Waals surface area contributed by atoms with E-state index in [0.29, 0.717) is 23.4 Å². The van der Waals surface area contributed by atoms with Crippen LogP contribution in [0, 0.1) is 24.6 Å². The Morgan fingerprint density at radius 3 is 2.62 bits per heavy atom. The van der Waals surface area contributed by atoms with Gasteiger partial charge in [0.1, 0.15) is 17.4 Å². The van der Waals surface area contributed by atoms with Gasteiger partial charge in [0.2, 0.25) is 0 Å². The Bertz CT molecular complexity index is 1090. The van der Waals surface area contributed by atoms with Crippen LogP contribution >= 0.6 is 0 Å². The number of alkyl halides is 3. The molecule has 0 bridgehead atoms. The molecule has 1 aliphatic rings. The first-order valence-electron chi connectivity index (χ1n) is 8.99. The summed E-state index contributed by atoms with van der Waals surface area (Å²) in [7, 11) is 0. The molecule has 1 aliphatic carbocycles. The van der Waals surface area contributed by atoms with E-state index in [2.05, 4.69) is 20.4 Å². The smallest absolute Gasteiger partial charge is 0.340 e. The lowest BCUT2D eigenvalue weighted by Gasteiger charge is -2.21. The summed E-state index contributed by atoms with van der Waals surface area (Å²) in [6.07, 6.45) is -0.501. The van der Waals surface area contributed by atoms with Gasteiger partial charge in [-0.05, 0) is 37.3 Å². The SMILES string of the molecule is Cc1cc(-c2cncc(F)c2)nc2c(C(=O)NC(C3CC3C)C(F)(F)F)cnn12. The second kappa shape index (κ2) is 6.78. The lowest BCUT2D eigenvalue weighted by atomic mass is 10.1. The van der Waals surface area contributed by atoms with Crippen LogP contribution in [0.25, 0.3) is 16.9 Å². The second-order valence-corrected chi connectivity index (χ2v) is 7.34. The van der Waals surface area contributed by atoms with E-state index in [9.17, 15) is 22.4 Å². The molecule has 3 heterocycles. The van der Waals surface area contributed by atoms with Crippen LogP contribution in [-0.2, 0) is 0 Å². The normalized spacial score (nSPS) is 19.9. The molecule has 1 N–H and O–H groups in total. The number of pyridine rings is 1. The Balaban J connectivity index is 1.71. The standard InChI is InChI=1S/C19H17F4N5O/c1-9-3-13(9)16(19(21,22)23)27-18(29)14-8-25-28-10(2)4-15(26-17(14)28)11-5-12(20)7-24-6-11/h4-9,13,16H,3H2,1-2H3,(H,27,29). The molecule has 0 saturated heterocycles. The summed E-state index contributed by atoms with van der Waals surface area (Å²) in [6.45, 7) is 3.42. The molecule has 1 amide bonds. The van der Waals surface area contributed by atoms with Crippen molar-refractivity contribution in [2.75, 3.05) is 0 Å². The molecule has 0 radical (unpaired) electrons. The van der Waals surface area contributed by atoms with Gasteiger partial charge in [-0.25, -0.2) is 13.9 Å². The molecule has 10 heteroatoms. The van der Waals surface area contributed by atoms with Crippen molar-refractivity contribution in [2.24, 2.45) is 11.8 Å². The van der Waals surface area contributed by atoms with Crippen molar-refractivity contribution in [1.29, 1.82) is 0 Å². The Hall–Kier alpha value is -3.04. The number of aromatic nitrogens is 4. The number of nitrogens with one attached hydrogen (secondary N) is 1. The lowest BCUT2D eigenvalue weighted by molar-refractivity contribution is -0.158. The Kier molecular flexibility index (Phi) is 4.51. The molecular weight excluding hydrogens is 390 g/mol. The maximum Gasteiger partial charge on any atom is 0.408 e. The van der Waals surface area contributed by atoms with E-state index in [1.54, 1.807) is 19.9 Å². The Morgan fingerprint density at radius 2 is 2.00 bits per heavy atom. The van der Waals surface area contributed by atoms with Crippen LogP contribution in [0.3, 0.4) is 0 Å². The van der Waals surface area contributed by atoms with Crippen molar-refractivity contribution in [3.05, 3.63) is 47.8 Å². The van der Waals surface area contributed by atoms with Gasteiger partial charge in [0, 0.05) is 17.5 Å². The number of nitrogens with zero attached hydrogens (tertiary/aromatic N) is 4. The Morgan fingerprint density at radius 1 is 1.28 bits per heavy atom. The summed E-state index contributed by atoms with van der Waals surface area (Å²) >= 11 is 0. The minimum absolute atomic E-state index is 0.0816. The van der Waals surface area contributed by atoms with Crippen molar-refractivity contribution in [3.8, 4) is 11.3 Å². The van der Waals surface area contributed by atoms with E-state index < -0.39 is 29.9 Å². The number of halogens is 4. The van der Waals surface area contributed by atoms with Gasteiger partial charge in [-0.3, -0.25) is 9.78 Å². The highest BCUT2D eigenvalue weighted by molar-refractivity contribution is 6.00. The van der Waals surface area contributed by atoms with Crippen molar-refractivity contribution in [1.82, 2.24) is 24.9 Å². The van der Waals surface area contributed by atoms with Crippen LogP contribution < -0.4 is 5.32 Å². The number of carbonyl (C=O) groups is 1. The molecule has 1 fully saturated rings. The lowest BCUT2D eigenvalue weighted by Crippen LogP contribution is -2.47. The quantitative estimate of drug-likeness (QED) is 0.672. The fourth-order valence-electron chi connectivity index (χ4n) is 3.44. The first kappa shape index (κ1) is 19.3. The van der Waals surface area contributed by atoms with Crippen molar-refractivity contribution in [3.63, 3.8) is 0 Å². The Labute approximate surface area is 163 Å². The van der Waals surface area contributed by atoms with E-state index in [4.69, 9.17) is 0 Å². The molecule has 1 saturated carbocycles. The molecule has 0 aromatic carbocycles. The molecule has 29 heavy (non-hydrogen) atoms. The van der Waals surface area contributed by atoms with Gasteiger partial charge < -0.3 is 5.32 Å². The van der Waals surface area contributed by atoms with Crippen molar-refractivity contribution < 1.29 is 22.4 Å². The average molecular weight is 407 g/mol. The van der Waals surface area contributed by atoms with Gasteiger partial charge in [0.05, 0.1) is 18.1 Å². The summed E-state index contributed by atoms with van der Waals surface area (Å²) in [5.74, 6) is -2.19. The molecule has 3 unspecified atom stereocenters. The molecule has 3 aromatic heterocycles. The molecule has 3 aromatic rings. The van der Waals surface area contributed by atoms with Crippen LogP contribution in [0.1, 0.15) is 29.4 Å². The van der Waals surface area contributed by atoms with Gasteiger partial charge >= 0.3 is 6.18 Å². The van der Waals surface area contributed by atoms with Gasteiger partial charge in [0.15, 0.2) is 5.65 Å². The number of amides is 1. The number of fused-ring (bicyclic) bond motifs is 1. The van der Waals surface area contributed by atoms with Crippen molar-refractivity contribution in [2.45, 2.75) is 32.5 Å². The number of hydrogen-bond donors (Lipinski definition) is 1. The third-order valence-electron chi connectivity index (χ3n) is 5.13. The van der Waals surface area contributed by atoms with Gasteiger partial charge in [-0.2, -0.15) is 18.3 Å². The molecule has 6 nitrogen and oxygen atoms in total. The average Bonchev–Trinajstić information content (AvgIpc) is 3.19. The van der Waals surface area contributed by atoms with Crippen LogP contribution in [0.4, 0.5) is 17.6 Å². The number of aryl methyl sites for hydroxylation is 1. The zero-order valence-corrected chi connectivity index (χ0v) is 15.5. The summed E-state index contributed by atoms with van der Waals surface area (Å²) in [5.41, 5.74) is 1.30. The highest BCUT2D eigenvalue weighted by Crippen LogP contribution is 2.45. The van der Waals surface area contributed by atoms with Crippen LogP contribution in [0.15, 0.2) is 30.7 Å². The monoisotopic (exact) mass is 407 g/mol. The van der Waals surface area contributed by atoms with E-state index in [-0.39, 0.29) is 17.1 Å².